The molecule has 0 saturated carbocycles. The summed E-state index contributed by atoms with van der Waals surface area (Å²) in [6.07, 6.45) is 0.873. The van der Waals surface area contributed by atoms with Crippen molar-refractivity contribution in [2.45, 2.75) is 6.42 Å². The topological polar surface area (TPSA) is 105 Å². The van der Waals surface area contributed by atoms with E-state index in [0.717, 1.165) is 10.9 Å². The van der Waals surface area contributed by atoms with Gasteiger partial charge < -0.3 is 4.90 Å². The lowest BCUT2D eigenvalue weighted by Gasteiger charge is -2.23. The van der Waals surface area contributed by atoms with E-state index >= 15 is 0 Å². The molecule has 0 unspecified atom stereocenters. The molecule has 4 rings (SSSR count). The third-order valence-electron chi connectivity index (χ3n) is 5.17. The molecule has 0 saturated heterocycles. The van der Waals surface area contributed by atoms with Gasteiger partial charge in [0.2, 0.25) is 5.91 Å². The lowest BCUT2D eigenvalue weighted by Crippen LogP contribution is -2.37. The van der Waals surface area contributed by atoms with Crippen LogP contribution >= 0.6 is 23.2 Å². The van der Waals surface area contributed by atoms with E-state index in [9.17, 15) is 19.2 Å². The van der Waals surface area contributed by atoms with Gasteiger partial charge >= 0.3 is 5.69 Å². The minimum absolute atomic E-state index is 0.0994. The minimum atomic E-state index is -0.717. The van der Waals surface area contributed by atoms with Gasteiger partial charge in [-0.15, -0.1) is 0 Å². The summed E-state index contributed by atoms with van der Waals surface area (Å²) in [6, 6.07) is 19.9. The molecule has 4 aromatic rings. The van der Waals surface area contributed by atoms with E-state index in [1.165, 1.54) is 11.0 Å². The van der Waals surface area contributed by atoms with Crippen molar-refractivity contribution in [3.63, 3.8) is 0 Å². The maximum Gasteiger partial charge on any atom is 0.349 e. The quantitative estimate of drug-likeness (QED) is 0.383. The highest BCUT2D eigenvalue weighted by molar-refractivity contribution is 6.32. The number of nitrogens with one attached hydrogen (secondary N) is 1. The Morgan fingerprint density at radius 2 is 1.66 bits per heavy atom. The zero-order valence-electron chi connectivity index (χ0n) is 18.2. The number of Topliss-reactive ketones (excluding diaryl/α,β-unsaturated/α-hetero) is 1. The third kappa shape index (κ3) is 5.74. The largest absolute Gasteiger partial charge is 0.349 e. The van der Waals surface area contributed by atoms with E-state index in [2.05, 4.69) is 10.1 Å². The monoisotopic (exact) mass is 508 g/mol. The van der Waals surface area contributed by atoms with Crippen molar-refractivity contribution in [2.75, 3.05) is 11.4 Å². The van der Waals surface area contributed by atoms with Gasteiger partial charge in [0, 0.05) is 21.3 Å². The summed E-state index contributed by atoms with van der Waals surface area (Å²) >= 11 is 12.4. The second-order valence-electron chi connectivity index (χ2n) is 7.55. The molecule has 3 aromatic carbocycles. The Labute approximate surface area is 209 Å². The molecular formula is C25H18Cl2N4O4. The third-order valence-corrected chi connectivity index (χ3v) is 5.78. The molecule has 176 valence electrons. The fourth-order valence-corrected chi connectivity index (χ4v) is 3.78. The summed E-state index contributed by atoms with van der Waals surface area (Å²) in [4.78, 5) is 53.0. The zero-order valence-corrected chi connectivity index (χ0v) is 19.7. The molecule has 0 aliphatic rings. The Balaban J connectivity index is 1.60. The fraction of sp³-hybridized carbons (Fsp3) is 0.0800. The van der Waals surface area contributed by atoms with E-state index < -0.39 is 11.2 Å². The van der Waals surface area contributed by atoms with Crippen LogP contribution in [0.15, 0.2) is 88.6 Å². The summed E-state index contributed by atoms with van der Waals surface area (Å²) < 4.78 is 0.984. The van der Waals surface area contributed by atoms with Crippen LogP contribution in [-0.4, -0.2) is 33.0 Å². The first-order valence-corrected chi connectivity index (χ1v) is 11.2. The average Bonchev–Trinajstić information content (AvgIpc) is 2.85. The number of hydrogen-bond acceptors (Lipinski definition) is 5. The van der Waals surface area contributed by atoms with Crippen molar-refractivity contribution >= 4 is 40.6 Å². The van der Waals surface area contributed by atoms with Crippen LogP contribution in [0.5, 0.6) is 0 Å². The molecule has 0 aliphatic carbocycles. The fourth-order valence-electron chi connectivity index (χ4n) is 3.41. The highest BCUT2D eigenvalue weighted by Crippen LogP contribution is 2.23. The number of ketones is 1. The van der Waals surface area contributed by atoms with Crippen LogP contribution in [0.25, 0.3) is 5.69 Å². The smallest absolute Gasteiger partial charge is 0.304 e. The van der Waals surface area contributed by atoms with Crippen molar-refractivity contribution in [3.05, 3.63) is 121 Å². The number of H-pyrrole nitrogens is 1. The number of rotatable bonds is 7. The average molecular weight is 509 g/mol. The summed E-state index contributed by atoms with van der Waals surface area (Å²) in [5.41, 5.74) is 0.476. The van der Waals surface area contributed by atoms with Crippen LogP contribution in [0.1, 0.15) is 15.9 Å². The predicted octanol–water partition coefficient (Wildman–Crippen LogP) is 3.69. The first-order valence-electron chi connectivity index (χ1n) is 10.4. The van der Waals surface area contributed by atoms with Gasteiger partial charge in [0.1, 0.15) is 6.20 Å². The van der Waals surface area contributed by atoms with E-state index in [1.54, 1.807) is 66.7 Å². The van der Waals surface area contributed by atoms with Crippen molar-refractivity contribution in [1.82, 2.24) is 14.8 Å². The van der Waals surface area contributed by atoms with Crippen LogP contribution in [0.4, 0.5) is 5.69 Å². The van der Waals surface area contributed by atoms with Gasteiger partial charge in [0.25, 0.3) is 5.56 Å². The van der Waals surface area contributed by atoms with E-state index in [0.29, 0.717) is 27.5 Å². The molecule has 0 bridgehead atoms. The number of hydrogen-bond donors (Lipinski definition) is 1. The maximum atomic E-state index is 13.3. The summed E-state index contributed by atoms with van der Waals surface area (Å²) in [5, 5.41) is 4.52. The summed E-state index contributed by atoms with van der Waals surface area (Å²) in [7, 11) is 0. The number of aromatic nitrogens is 3. The number of carbonyl (C=O) groups is 2. The molecule has 1 N–H and O–H groups in total. The Kier molecular flexibility index (Phi) is 7.24. The summed E-state index contributed by atoms with van der Waals surface area (Å²) in [5.74, 6) is -0.579. The molecule has 0 aliphatic heterocycles. The molecule has 8 nitrogen and oxygen atoms in total. The molecular weight excluding hydrogens is 491 g/mol. The normalized spacial score (nSPS) is 10.7. The van der Waals surface area contributed by atoms with Gasteiger partial charge in [-0.25, -0.2) is 4.79 Å². The van der Waals surface area contributed by atoms with Crippen molar-refractivity contribution in [1.29, 1.82) is 0 Å². The first-order chi connectivity index (χ1) is 16.8. The van der Waals surface area contributed by atoms with Gasteiger partial charge in [-0.3, -0.25) is 19.4 Å². The highest BCUT2D eigenvalue weighted by atomic mass is 35.5. The molecule has 1 heterocycles. The van der Waals surface area contributed by atoms with Gasteiger partial charge in [0.15, 0.2) is 5.78 Å². The van der Waals surface area contributed by atoms with Crippen molar-refractivity contribution in [2.24, 2.45) is 0 Å². The molecule has 0 atom stereocenters. The number of amides is 1. The lowest BCUT2D eigenvalue weighted by molar-refractivity contribution is -0.117. The van der Waals surface area contributed by atoms with Crippen molar-refractivity contribution < 1.29 is 9.59 Å². The van der Waals surface area contributed by atoms with Crippen LogP contribution in [-0.2, 0) is 11.2 Å². The van der Waals surface area contributed by atoms with Gasteiger partial charge in [-0.05, 0) is 42.0 Å². The van der Waals surface area contributed by atoms with Gasteiger partial charge in [0.05, 0.1) is 18.7 Å². The van der Waals surface area contributed by atoms with Crippen LogP contribution < -0.4 is 16.1 Å². The number of nitrogens with zero attached hydrogens (tertiary/aromatic N) is 3. The van der Waals surface area contributed by atoms with Crippen molar-refractivity contribution in [3.8, 4) is 5.69 Å². The Morgan fingerprint density at radius 1 is 0.943 bits per heavy atom. The highest BCUT2D eigenvalue weighted by Gasteiger charge is 2.21. The van der Waals surface area contributed by atoms with Gasteiger partial charge in [-0.1, -0.05) is 59.6 Å². The van der Waals surface area contributed by atoms with Gasteiger partial charge in [-0.2, -0.15) is 9.78 Å². The molecule has 0 fully saturated rings. The Hall–Kier alpha value is -4.01. The number of carbonyl (C=O) groups excluding carboxylic acids is 2. The molecule has 35 heavy (non-hydrogen) atoms. The molecule has 0 spiro atoms. The Bertz CT molecular complexity index is 1500. The predicted molar refractivity (Wildman–Crippen MR) is 134 cm³/mol. The molecule has 1 amide bonds. The molecule has 10 heteroatoms. The van der Waals surface area contributed by atoms with Crippen LogP contribution in [0, 0.1) is 0 Å². The minimum Gasteiger partial charge on any atom is -0.304 e. The van der Waals surface area contributed by atoms with E-state index in [4.69, 9.17) is 23.2 Å². The zero-order chi connectivity index (χ0) is 24.9. The second kappa shape index (κ2) is 10.5. The maximum absolute atomic E-state index is 13.3. The molecule has 1 aromatic heterocycles. The SMILES string of the molecule is O=C(CN(C(=O)Cc1ccc(-n2ncc(=O)[nH]c2=O)cc1Cl)c1ccc(Cl)cc1)c1ccccc1. The van der Waals surface area contributed by atoms with E-state index in [1.807, 2.05) is 0 Å². The van der Waals surface area contributed by atoms with E-state index in [-0.39, 0.29) is 29.7 Å². The second-order valence-corrected chi connectivity index (χ2v) is 8.39. The molecule has 0 radical (unpaired) electrons. The number of halogens is 2. The number of aromatic amines is 1. The number of anilines is 1. The summed E-state index contributed by atoms with van der Waals surface area (Å²) in [6.45, 7) is -0.170. The van der Waals surface area contributed by atoms with Crippen LogP contribution in [0.2, 0.25) is 10.0 Å². The Morgan fingerprint density at radius 3 is 2.31 bits per heavy atom. The standard InChI is InChI=1S/C25H18Cl2N4O4/c26-18-7-10-19(11-8-18)30(15-22(32)16-4-2-1-3-5-16)24(34)12-17-6-9-20(13-21(17)27)31-25(35)29-23(33)14-28-31/h1-11,13-14H,12,15H2,(H,29,33,35). The lowest BCUT2D eigenvalue weighted by atomic mass is 10.1. The number of benzene rings is 3. The first kappa shape index (κ1) is 24.1. The van der Waals surface area contributed by atoms with Crippen LogP contribution in [0.3, 0.4) is 0 Å².